The summed E-state index contributed by atoms with van der Waals surface area (Å²) in [5, 5.41) is 3.47. The molecule has 0 atom stereocenters. The fraction of sp³-hybridized carbons (Fsp3) is 0.0588. The van der Waals surface area contributed by atoms with Crippen LogP contribution in [0.15, 0.2) is 71.3 Å². The Morgan fingerprint density at radius 1 is 1.05 bits per heavy atom. The Labute approximate surface area is 133 Å². The van der Waals surface area contributed by atoms with E-state index >= 15 is 0 Å². The van der Waals surface area contributed by atoms with Crippen LogP contribution in [0, 0.1) is 0 Å². The molecule has 0 amide bonds. The van der Waals surface area contributed by atoms with Gasteiger partial charge in [0.05, 0.1) is 0 Å². The maximum Gasteiger partial charge on any atom is 0.226 e. The molecule has 1 aromatic heterocycles. The predicted molar refractivity (Wildman–Crippen MR) is 87.4 cm³/mol. The van der Waals surface area contributed by atoms with Crippen LogP contribution >= 0.6 is 11.6 Å². The van der Waals surface area contributed by atoms with E-state index in [2.05, 4.69) is 5.16 Å². The van der Waals surface area contributed by atoms with Crippen LogP contribution in [0.4, 0.5) is 5.88 Å². The first kappa shape index (κ1) is 15.8. The lowest BCUT2D eigenvalue weighted by Gasteiger charge is -1.92. The van der Waals surface area contributed by atoms with Crippen LogP contribution in [0.2, 0.25) is 0 Å². The molecular formula is C17H15ClN2O2. The number of anilines is 1. The zero-order chi connectivity index (χ0) is 15.8. The van der Waals surface area contributed by atoms with Gasteiger partial charge in [-0.15, -0.1) is 0 Å². The highest BCUT2D eigenvalue weighted by Crippen LogP contribution is 2.18. The van der Waals surface area contributed by atoms with Gasteiger partial charge in [0, 0.05) is 18.1 Å². The van der Waals surface area contributed by atoms with Gasteiger partial charge in [0.2, 0.25) is 11.1 Å². The summed E-state index contributed by atoms with van der Waals surface area (Å²) in [6.45, 7) is 0. The van der Waals surface area contributed by atoms with E-state index in [1.165, 1.54) is 0 Å². The van der Waals surface area contributed by atoms with E-state index in [0.717, 1.165) is 16.8 Å². The second-order valence-electron chi connectivity index (χ2n) is 4.50. The molecule has 112 valence electrons. The second kappa shape index (κ2) is 8.00. The zero-order valence-corrected chi connectivity index (χ0v) is 12.5. The number of hydrogen-bond acceptors (Lipinski definition) is 4. The average molecular weight is 315 g/mol. The summed E-state index contributed by atoms with van der Waals surface area (Å²) in [6.07, 6.45) is 0.322. The summed E-state index contributed by atoms with van der Waals surface area (Å²) in [5.74, 6) is 0.342. The molecular weight excluding hydrogens is 300 g/mol. The minimum Gasteiger partial charge on any atom is -0.368 e. The Morgan fingerprint density at radius 2 is 1.64 bits per heavy atom. The first-order valence-electron chi connectivity index (χ1n) is 6.65. The molecule has 0 aliphatic carbocycles. The lowest BCUT2D eigenvalue weighted by Crippen LogP contribution is -1.91. The van der Waals surface area contributed by atoms with E-state index < -0.39 is 0 Å². The normalized spacial score (nSPS) is 9.68. The van der Waals surface area contributed by atoms with Gasteiger partial charge in [-0.05, 0) is 17.2 Å². The fourth-order valence-corrected chi connectivity index (χ4v) is 1.94. The van der Waals surface area contributed by atoms with Crippen LogP contribution in [0.5, 0.6) is 0 Å². The third-order valence-electron chi connectivity index (χ3n) is 2.78. The monoisotopic (exact) mass is 314 g/mol. The molecule has 22 heavy (non-hydrogen) atoms. The van der Waals surface area contributed by atoms with Crippen LogP contribution in [0.3, 0.4) is 0 Å². The first-order chi connectivity index (χ1) is 10.6. The van der Waals surface area contributed by atoms with Crippen LogP contribution in [-0.2, 0) is 11.2 Å². The standard InChI is InChI=1S/C9H8N2O.C8H7ClO/c10-9-6-8(11-12-9)7-4-2-1-3-5-7;9-8(10)6-7-4-2-1-3-5-7/h1-6H,10H2;1-5H,6H2. The van der Waals surface area contributed by atoms with Gasteiger partial charge in [-0.1, -0.05) is 65.8 Å². The number of halogens is 1. The molecule has 0 unspecified atom stereocenters. The number of carbonyl (C=O) groups excluding carboxylic acids is 1. The third kappa shape index (κ3) is 5.07. The number of nitrogens with zero attached hydrogens (tertiary/aromatic N) is 1. The number of nitrogen functional groups attached to an aromatic ring is 1. The van der Waals surface area contributed by atoms with E-state index in [0.29, 0.717) is 12.3 Å². The maximum atomic E-state index is 10.4. The first-order valence-corrected chi connectivity index (χ1v) is 7.03. The fourth-order valence-electron chi connectivity index (χ4n) is 1.79. The Bertz CT molecular complexity index is 712. The molecule has 0 fully saturated rings. The van der Waals surface area contributed by atoms with Crippen molar-refractivity contribution in [2.75, 3.05) is 5.73 Å². The summed E-state index contributed by atoms with van der Waals surface area (Å²) >= 11 is 5.17. The quantitative estimate of drug-likeness (QED) is 0.744. The van der Waals surface area contributed by atoms with E-state index in [9.17, 15) is 4.79 Å². The summed E-state index contributed by atoms with van der Waals surface area (Å²) in [7, 11) is 0. The highest BCUT2D eigenvalue weighted by atomic mass is 35.5. The smallest absolute Gasteiger partial charge is 0.226 e. The van der Waals surface area contributed by atoms with Crippen molar-refractivity contribution in [3.63, 3.8) is 0 Å². The van der Waals surface area contributed by atoms with Crippen LogP contribution in [0.1, 0.15) is 5.56 Å². The molecule has 0 bridgehead atoms. The van der Waals surface area contributed by atoms with E-state index in [-0.39, 0.29) is 5.24 Å². The van der Waals surface area contributed by atoms with Crippen molar-refractivity contribution in [3.8, 4) is 11.3 Å². The molecule has 2 N–H and O–H groups in total. The second-order valence-corrected chi connectivity index (χ2v) is 4.92. The number of nitrogens with two attached hydrogens (primary N) is 1. The van der Waals surface area contributed by atoms with Crippen molar-refractivity contribution < 1.29 is 9.32 Å². The van der Waals surface area contributed by atoms with Gasteiger partial charge in [-0.25, -0.2) is 0 Å². The molecule has 2 aromatic carbocycles. The van der Waals surface area contributed by atoms with Crippen LogP contribution in [-0.4, -0.2) is 10.4 Å². The number of hydrogen-bond donors (Lipinski definition) is 1. The highest BCUT2D eigenvalue weighted by Gasteiger charge is 2.01. The van der Waals surface area contributed by atoms with Crippen molar-refractivity contribution in [1.82, 2.24) is 5.16 Å². The molecule has 1 heterocycles. The number of rotatable bonds is 3. The lowest BCUT2D eigenvalue weighted by atomic mass is 10.2. The Hall–Kier alpha value is -2.59. The van der Waals surface area contributed by atoms with Gasteiger partial charge in [0.1, 0.15) is 5.69 Å². The number of carbonyl (C=O) groups is 1. The molecule has 4 nitrogen and oxygen atoms in total. The Kier molecular flexibility index (Phi) is 5.74. The van der Waals surface area contributed by atoms with Gasteiger partial charge in [-0.3, -0.25) is 4.79 Å². The summed E-state index contributed by atoms with van der Waals surface area (Å²) < 4.78 is 4.75. The number of benzene rings is 2. The maximum absolute atomic E-state index is 10.4. The Balaban J connectivity index is 0.000000164. The number of aromatic nitrogens is 1. The molecule has 0 spiro atoms. The lowest BCUT2D eigenvalue weighted by molar-refractivity contribution is -0.111. The van der Waals surface area contributed by atoms with Crippen molar-refractivity contribution in [1.29, 1.82) is 0 Å². The summed E-state index contributed by atoms with van der Waals surface area (Å²) in [4.78, 5) is 10.4. The molecule has 0 radical (unpaired) electrons. The van der Waals surface area contributed by atoms with Gasteiger partial charge in [-0.2, -0.15) is 0 Å². The van der Waals surface area contributed by atoms with Gasteiger partial charge in [0.25, 0.3) is 0 Å². The Morgan fingerprint density at radius 3 is 2.14 bits per heavy atom. The van der Waals surface area contributed by atoms with Gasteiger partial charge >= 0.3 is 0 Å². The minimum atomic E-state index is -0.314. The van der Waals surface area contributed by atoms with Crippen molar-refractivity contribution in [3.05, 3.63) is 72.3 Å². The largest absolute Gasteiger partial charge is 0.368 e. The van der Waals surface area contributed by atoms with Crippen molar-refractivity contribution in [2.24, 2.45) is 0 Å². The van der Waals surface area contributed by atoms with Crippen LogP contribution < -0.4 is 5.73 Å². The molecule has 0 aliphatic rings. The summed E-state index contributed by atoms with van der Waals surface area (Å²) in [5.41, 5.74) is 8.13. The van der Waals surface area contributed by atoms with Gasteiger partial charge < -0.3 is 10.3 Å². The van der Waals surface area contributed by atoms with Gasteiger partial charge in [0.15, 0.2) is 0 Å². The molecule has 5 heteroatoms. The predicted octanol–water partition coefficient (Wildman–Crippen LogP) is 3.92. The molecule has 0 aliphatic heterocycles. The average Bonchev–Trinajstić information content (AvgIpc) is 2.96. The topological polar surface area (TPSA) is 69.1 Å². The molecule has 0 saturated heterocycles. The van der Waals surface area contributed by atoms with Crippen molar-refractivity contribution >= 4 is 22.7 Å². The zero-order valence-electron chi connectivity index (χ0n) is 11.8. The third-order valence-corrected chi connectivity index (χ3v) is 2.92. The van der Waals surface area contributed by atoms with Crippen LogP contribution in [0.25, 0.3) is 11.3 Å². The molecule has 3 rings (SSSR count). The van der Waals surface area contributed by atoms with E-state index in [1.54, 1.807) is 6.07 Å². The molecule has 0 saturated carbocycles. The SMILES string of the molecule is Nc1cc(-c2ccccc2)no1.O=C(Cl)Cc1ccccc1. The molecule has 3 aromatic rings. The van der Waals surface area contributed by atoms with Crippen molar-refractivity contribution in [2.45, 2.75) is 6.42 Å². The summed E-state index contributed by atoms with van der Waals surface area (Å²) in [6, 6.07) is 20.9. The van der Waals surface area contributed by atoms with E-state index in [4.69, 9.17) is 21.9 Å². The minimum absolute atomic E-state index is 0.314. The highest BCUT2D eigenvalue weighted by molar-refractivity contribution is 6.63. The van der Waals surface area contributed by atoms with E-state index in [1.807, 2.05) is 60.7 Å².